The summed E-state index contributed by atoms with van der Waals surface area (Å²) < 4.78 is 5.51. The maximum absolute atomic E-state index is 12.5. The fraction of sp³-hybridized carbons (Fsp3) is 0.970. The molecule has 0 spiro atoms. The molecule has 0 rings (SSSR count). The minimum atomic E-state index is -0.661. The number of amides is 1. The van der Waals surface area contributed by atoms with Gasteiger partial charge in [0.2, 0.25) is 5.91 Å². The van der Waals surface area contributed by atoms with Crippen LogP contribution in [0.2, 0.25) is 0 Å². The molecule has 0 aliphatic heterocycles. The first kappa shape index (κ1) is 70.9. The second-order valence-corrected chi connectivity index (χ2v) is 23.2. The lowest BCUT2D eigenvalue weighted by Crippen LogP contribution is -2.45. The van der Waals surface area contributed by atoms with E-state index in [2.05, 4.69) is 19.2 Å². The van der Waals surface area contributed by atoms with Crippen molar-refractivity contribution in [3.8, 4) is 0 Å². The number of ether oxygens (including phenoxy) is 1. The van der Waals surface area contributed by atoms with Gasteiger partial charge in [0.05, 0.1) is 25.4 Å². The van der Waals surface area contributed by atoms with Gasteiger partial charge in [0.1, 0.15) is 0 Å². The molecule has 0 heterocycles. The summed E-state index contributed by atoms with van der Waals surface area (Å²) in [6.07, 6.45) is 74.2. The van der Waals surface area contributed by atoms with Crippen LogP contribution in [0.25, 0.3) is 0 Å². The Morgan fingerprint density at radius 2 is 0.569 bits per heavy atom. The number of unbranched alkanes of at least 4 members (excludes halogenated alkanes) is 52. The lowest BCUT2D eigenvalue weighted by molar-refractivity contribution is -0.143. The molecule has 2 unspecified atom stereocenters. The number of aliphatic hydroxyl groups is 2. The van der Waals surface area contributed by atoms with E-state index in [1.807, 2.05) is 0 Å². The van der Waals surface area contributed by atoms with Gasteiger partial charge in [0, 0.05) is 12.8 Å². The first-order valence-electron chi connectivity index (χ1n) is 33.3. The third-order valence-electron chi connectivity index (χ3n) is 15.9. The van der Waals surface area contributed by atoms with Crippen molar-refractivity contribution in [3.63, 3.8) is 0 Å². The Morgan fingerprint density at radius 3 is 0.847 bits per heavy atom. The summed E-state index contributed by atoms with van der Waals surface area (Å²) in [5, 5.41) is 23.3. The Bertz CT molecular complexity index is 1040. The van der Waals surface area contributed by atoms with Crippen LogP contribution in [0.5, 0.6) is 0 Å². The molecule has 0 aliphatic rings. The molecule has 3 N–H and O–H groups in total. The molecule has 2 atom stereocenters. The van der Waals surface area contributed by atoms with Gasteiger partial charge in [-0.3, -0.25) is 9.59 Å². The highest BCUT2D eigenvalue weighted by Crippen LogP contribution is 2.19. The maximum atomic E-state index is 12.5. The van der Waals surface area contributed by atoms with Gasteiger partial charge in [-0.1, -0.05) is 348 Å². The van der Waals surface area contributed by atoms with Crippen molar-refractivity contribution in [3.05, 3.63) is 0 Å². The van der Waals surface area contributed by atoms with E-state index in [1.54, 1.807) is 0 Å². The van der Waals surface area contributed by atoms with E-state index in [0.29, 0.717) is 25.9 Å². The van der Waals surface area contributed by atoms with E-state index < -0.39 is 12.1 Å². The van der Waals surface area contributed by atoms with Crippen molar-refractivity contribution in [2.75, 3.05) is 13.2 Å². The van der Waals surface area contributed by atoms with Crippen LogP contribution in [-0.4, -0.2) is 47.4 Å². The Labute approximate surface area is 451 Å². The number of carbonyl (C=O) groups excluding carboxylic acids is 2. The molecule has 0 aliphatic carbocycles. The standard InChI is InChI=1S/C66H131NO5/c1-3-5-7-9-11-13-15-17-18-19-29-32-36-40-44-48-52-56-60-66(71)72-61-57-53-49-45-41-37-33-30-27-25-23-21-20-22-24-26-28-31-35-39-43-47-51-55-59-65(70)67-63(62-68)64(69)58-54-50-46-42-38-34-16-14-12-10-8-6-4-2/h63-64,68-69H,3-62H2,1-2H3,(H,67,70). The average molecular weight is 1020 g/mol. The summed E-state index contributed by atoms with van der Waals surface area (Å²) in [7, 11) is 0. The molecule has 6 heteroatoms. The van der Waals surface area contributed by atoms with Crippen LogP contribution in [0.15, 0.2) is 0 Å². The SMILES string of the molecule is CCCCCCCCCCCCCCCCCCCCC(=O)OCCCCCCCCCCCCCCCCCCCCCCCCCCC(=O)NC(CO)C(O)CCCCCCCCCCCCCCC. The Morgan fingerprint density at radius 1 is 0.333 bits per heavy atom. The number of rotatable bonds is 63. The summed E-state index contributed by atoms with van der Waals surface area (Å²) in [6, 6.07) is -0.538. The first-order valence-corrected chi connectivity index (χ1v) is 33.3. The van der Waals surface area contributed by atoms with Crippen molar-refractivity contribution in [2.45, 2.75) is 398 Å². The molecule has 0 aromatic carbocycles. The third-order valence-corrected chi connectivity index (χ3v) is 15.9. The first-order chi connectivity index (χ1) is 35.5. The number of hydrogen-bond acceptors (Lipinski definition) is 5. The predicted octanol–water partition coefficient (Wildman–Crippen LogP) is 21.0. The van der Waals surface area contributed by atoms with Crippen molar-refractivity contribution in [2.24, 2.45) is 0 Å². The van der Waals surface area contributed by atoms with Gasteiger partial charge < -0.3 is 20.3 Å². The molecular formula is C66H131NO5. The van der Waals surface area contributed by atoms with E-state index in [1.165, 1.54) is 315 Å². The van der Waals surface area contributed by atoms with Gasteiger partial charge in [0.25, 0.3) is 0 Å². The molecule has 0 saturated carbocycles. The summed E-state index contributed by atoms with van der Waals surface area (Å²) in [6.45, 7) is 4.99. The second kappa shape index (κ2) is 62.4. The topological polar surface area (TPSA) is 95.9 Å². The molecule has 1 amide bonds. The summed E-state index contributed by atoms with van der Waals surface area (Å²) >= 11 is 0. The maximum Gasteiger partial charge on any atom is 0.305 e. The van der Waals surface area contributed by atoms with Gasteiger partial charge in [0.15, 0.2) is 0 Å². The van der Waals surface area contributed by atoms with Gasteiger partial charge in [-0.2, -0.15) is 0 Å². The zero-order chi connectivity index (χ0) is 52.2. The smallest absolute Gasteiger partial charge is 0.305 e. The molecule has 0 fully saturated rings. The number of carbonyl (C=O) groups is 2. The van der Waals surface area contributed by atoms with Crippen molar-refractivity contribution in [1.82, 2.24) is 5.32 Å². The molecule has 0 aromatic heterocycles. The minimum Gasteiger partial charge on any atom is -0.466 e. The second-order valence-electron chi connectivity index (χ2n) is 23.2. The van der Waals surface area contributed by atoms with Gasteiger partial charge in [-0.25, -0.2) is 0 Å². The quantitative estimate of drug-likeness (QED) is 0.0417. The van der Waals surface area contributed by atoms with E-state index in [-0.39, 0.29) is 18.5 Å². The van der Waals surface area contributed by atoms with E-state index in [9.17, 15) is 19.8 Å². The molecule has 0 aromatic rings. The van der Waals surface area contributed by atoms with Gasteiger partial charge >= 0.3 is 5.97 Å². The fourth-order valence-corrected chi connectivity index (χ4v) is 10.8. The summed E-state index contributed by atoms with van der Waals surface area (Å²) in [5.74, 6) is -0.0102. The molecule has 72 heavy (non-hydrogen) atoms. The van der Waals surface area contributed by atoms with Crippen LogP contribution >= 0.6 is 0 Å². The highest BCUT2D eigenvalue weighted by atomic mass is 16.5. The zero-order valence-corrected chi connectivity index (χ0v) is 49.2. The van der Waals surface area contributed by atoms with Crippen molar-refractivity contribution >= 4 is 11.9 Å². The monoisotopic (exact) mass is 1020 g/mol. The third kappa shape index (κ3) is 58.1. The predicted molar refractivity (Wildman–Crippen MR) is 315 cm³/mol. The van der Waals surface area contributed by atoms with Crippen LogP contribution in [-0.2, 0) is 14.3 Å². The van der Waals surface area contributed by atoms with Gasteiger partial charge in [-0.05, 0) is 25.7 Å². The Kier molecular flexibility index (Phi) is 61.4. The number of nitrogens with one attached hydrogen (secondary N) is 1. The lowest BCUT2D eigenvalue weighted by atomic mass is 10.0. The zero-order valence-electron chi connectivity index (χ0n) is 49.2. The summed E-state index contributed by atoms with van der Waals surface area (Å²) in [5.41, 5.74) is 0. The minimum absolute atomic E-state index is 0.0210. The van der Waals surface area contributed by atoms with Crippen LogP contribution < -0.4 is 5.32 Å². The van der Waals surface area contributed by atoms with E-state index in [4.69, 9.17) is 4.74 Å². The largest absolute Gasteiger partial charge is 0.466 e. The van der Waals surface area contributed by atoms with Crippen molar-refractivity contribution in [1.29, 1.82) is 0 Å². The molecule has 430 valence electrons. The molecular weight excluding hydrogens is 887 g/mol. The molecule has 6 nitrogen and oxygen atoms in total. The van der Waals surface area contributed by atoms with E-state index >= 15 is 0 Å². The Hall–Kier alpha value is -1.14. The number of aliphatic hydroxyl groups excluding tert-OH is 2. The van der Waals surface area contributed by atoms with E-state index in [0.717, 1.165) is 38.5 Å². The Balaban J connectivity index is 3.32. The van der Waals surface area contributed by atoms with Crippen LogP contribution in [0, 0.1) is 0 Å². The lowest BCUT2D eigenvalue weighted by Gasteiger charge is -2.22. The fourth-order valence-electron chi connectivity index (χ4n) is 10.8. The van der Waals surface area contributed by atoms with Crippen LogP contribution in [0.4, 0.5) is 0 Å². The van der Waals surface area contributed by atoms with Crippen LogP contribution in [0.1, 0.15) is 386 Å². The van der Waals surface area contributed by atoms with Crippen LogP contribution in [0.3, 0.4) is 0 Å². The molecule has 0 radical (unpaired) electrons. The van der Waals surface area contributed by atoms with Gasteiger partial charge in [-0.15, -0.1) is 0 Å². The highest BCUT2D eigenvalue weighted by Gasteiger charge is 2.20. The molecule has 0 saturated heterocycles. The summed E-state index contributed by atoms with van der Waals surface area (Å²) in [4.78, 5) is 24.6. The number of esters is 1. The normalized spacial score (nSPS) is 12.4. The van der Waals surface area contributed by atoms with Crippen molar-refractivity contribution < 1.29 is 24.5 Å². The molecule has 0 bridgehead atoms. The number of hydrogen-bond donors (Lipinski definition) is 3. The average Bonchev–Trinajstić information content (AvgIpc) is 3.38. The highest BCUT2D eigenvalue weighted by molar-refractivity contribution is 5.76.